The minimum Gasteiger partial charge on any atom is -0.381 e. The topological polar surface area (TPSA) is 82.2 Å². The van der Waals surface area contributed by atoms with Gasteiger partial charge in [0.05, 0.1) is 12.0 Å². The van der Waals surface area contributed by atoms with Crippen LogP contribution in [0, 0.1) is 5.41 Å². The van der Waals surface area contributed by atoms with Gasteiger partial charge in [-0.1, -0.05) is 24.3 Å². The summed E-state index contributed by atoms with van der Waals surface area (Å²) in [7, 11) is 0. The lowest BCUT2D eigenvalue weighted by molar-refractivity contribution is -0.136. The van der Waals surface area contributed by atoms with E-state index in [9.17, 15) is 4.79 Å². The zero-order valence-corrected chi connectivity index (χ0v) is 13.8. The van der Waals surface area contributed by atoms with Crippen molar-refractivity contribution in [3.63, 3.8) is 0 Å². The first-order valence-electron chi connectivity index (χ1n) is 8.33. The van der Waals surface area contributed by atoms with Crippen LogP contribution in [0.5, 0.6) is 0 Å². The number of nitrogens with zero attached hydrogens (tertiary/aromatic N) is 2. The molecule has 1 fully saturated rings. The van der Waals surface area contributed by atoms with Crippen molar-refractivity contribution >= 4 is 5.91 Å². The van der Waals surface area contributed by atoms with Gasteiger partial charge < -0.3 is 15.8 Å². The van der Waals surface area contributed by atoms with E-state index in [1.807, 2.05) is 29.1 Å². The maximum atomic E-state index is 12.5. The fourth-order valence-electron chi connectivity index (χ4n) is 3.00. The first kappa shape index (κ1) is 16.7. The molecule has 1 amide bonds. The molecule has 0 unspecified atom stereocenters. The Kier molecular flexibility index (Phi) is 5.27. The molecule has 0 spiro atoms. The van der Waals surface area contributed by atoms with Gasteiger partial charge in [0.2, 0.25) is 5.91 Å². The number of hydrogen-bond donors (Lipinski definition) is 2. The smallest absolute Gasteiger partial charge is 0.227 e. The maximum Gasteiger partial charge on any atom is 0.227 e. The molecule has 0 atom stereocenters. The van der Waals surface area contributed by atoms with Crippen LogP contribution in [0.4, 0.5) is 0 Å². The van der Waals surface area contributed by atoms with Gasteiger partial charge in [0.25, 0.3) is 0 Å². The van der Waals surface area contributed by atoms with Gasteiger partial charge in [-0.2, -0.15) is 5.10 Å². The van der Waals surface area contributed by atoms with E-state index in [1.165, 1.54) is 5.56 Å². The molecule has 1 aliphatic rings. The summed E-state index contributed by atoms with van der Waals surface area (Å²) in [5, 5.41) is 7.23. The molecule has 0 bridgehead atoms. The molecule has 1 aromatic carbocycles. The Hall–Kier alpha value is -2.18. The lowest BCUT2D eigenvalue weighted by Gasteiger charge is -2.34. The molecular weight excluding hydrogens is 304 g/mol. The van der Waals surface area contributed by atoms with Crippen LogP contribution in [0.2, 0.25) is 0 Å². The van der Waals surface area contributed by atoms with Crippen LogP contribution in [-0.2, 0) is 22.6 Å². The van der Waals surface area contributed by atoms with Crippen LogP contribution in [0.1, 0.15) is 24.0 Å². The highest BCUT2D eigenvalue weighted by Crippen LogP contribution is 2.29. The first-order valence-corrected chi connectivity index (χ1v) is 8.33. The predicted molar refractivity (Wildman–Crippen MR) is 91.2 cm³/mol. The predicted octanol–water partition coefficient (Wildman–Crippen LogP) is 1.30. The monoisotopic (exact) mass is 328 g/mol. The summed E-state index contributed by atoms with van der Waals surface area (Å²) >= 11 is 0. The number of nitrogens with two attached hydrogens (primary N) is 1. The van der Waals surface area contributed by atoms with Crippen molar-refractivity contribution in [1.29, 1.82) is 0 Å². The average molecular weight is 328 g/mol. The molecule has 0 radical (unpaired) electrons. The number of aromatic nitrogens is 2. The first-order chi connectivity index (χ1) is 11.7. The summed E-state index contributed by atoms with van der Waals surface area (Å²) < 4.78 is 7.23. The quantitative estimate of drug-likeness (QED) is 0.837. The van der Waals surface area contributed by atoms with Gasteiger partial charge in [-0.05, 0) is 30.0 Å². The van der Waals surface area contributed by atoms with Crippen LogP contribution in [0.3, 0.4) is 0 Å². The number of ether oxygens (including phenoxy) is 1. The Morgan fingerprint density at radius 2 is 1.96 bits per heavy atom. The lowest BCUT2D eigenvalue weighted by Crippen LogP contribution is -2.48. The lowest BCUT2D eigenvalue weighted by atomic mass is 9.79. The van der Waals surface area contributed by atoms with Crippen LogP contribution < -0.4 is 11.1 Å². The van der Waals surface area contributed by atoms with Crippen LogP contribution in [0.15, 0.2) is 42.7 Å². The van der Waals surface area contributed by atoms with Crippen molar-refractivity contribution in [2.24, 2.45) is 11.1 Å². The van der Waals surface area contributed by atoms with E-state index in [0.29, 0.717) is 39.1 Å². The third-order valence-electron chi connectivity index (χ3n) is 4.70. The highest BCUT2D eigenvalue weighted by molar-refractivity contribution is 5.83. The fraction of sp³-hybridized carbons (Fsp3) is 0.444. The molecule has 1 saturated heterocycles. The third kappa shape index (κ3) is 3.83. The highest BCUT2D eigenvalue weighted by atomic mass is 16.5. The van der Waals surface area contributed by atoms with E-state index in [1.54, 1.807) is 6.20 Å². The standard InChI is InChI=1S/C18H24N4O2/c19-14-18(6-10-24-11-7-18)17(23)20-12-15-2-4-16(5-3-15)13-22-9-1-8-21-22/h1-5,8-9H,6-7,10-14,19H2,(H,20,23). The average Bonchev–Trinajstić information content (AvgIpc) is 3.14. The van der Waals surface area contributed by atoms with Crippen LogP contribution >= 0.6 is 0 Å². The molecule has 1 aromatic heterocycles. The van der Waals surface area contributed by atoms with Gasteiger partial charge >= 0.3 is 0 Å². The van der Waals surface area contributed by atoms with Crippen molar-refractivity contribution in [2.75, 3.05) is 19.8 Å². The van der Waals surface area contributed by atoms with E-state index in [4.69, 9.17) is 10.5 Å². The molecule has 3 N–H and O–H groups in total. The van der Waals surface area contributed by atoms with Crippen LogP contribution in [-0.4, -0.2) is 35.4 Å². The van der Waals surface area contributed by atoms with Gasteiger partial charge in [0.1, 0.15) is 0 Å². The van der Waals surface area contributed by atoms with Gasteiger partial charge in [-0.25, -0.2) is 0 Å². The number of hydrogen-bond acceptors (Lipinski definition) is 4. The fourth-order valence-corrected chi connectivity index (χ4v) is 3.00. The van der Waals surface area contributed by atoms with Crippen molar-refractivity contribution in [3.05, 3.63) is 53.9 Å². The maximum absolute atomic E-state index is 12.5. The number of carbonyl (C=O) groups is 1. The van der Waals surface area contributed by atoms with Gasteiger partial charge in [-0.15, -0.1) is 0 Å². The SMILES string of the molecule is NCC1(C(=O)NCc2ccc(Cn3cccn3)cc2)CCOCC1. The van der Waals surface area contributed by atoms with Crippen LogP contribution in [0.25, 0.3) is 0 Å². The molecule has 6 heteroatoms. The van der Waals surface area contributed by atoms with Crippen molar-refractivity contribution in [2.45, 2.75) is 25.9 Å². The van der Waals surface area contributed by atoms with Gasteiger partial charge in [-0.3, -0.25) is 9.48 Å². The summed E-state index contributed by atoms with van der Waals surface area (Å²) in [5.74, 6) is 0.0360. The Bertz CT molecular complexity index is 646. The molecule has 2 heterocycles. The van der Waals surface area contributed by atoms with E-state index in [2.05, 4.69) is 22.5 Å². The third-order valence-corrected chi connectivity index (χ3v) is 4.70. The number of benzene rings is 1. The van der Waals surface area contributed by atoms with Gasteiger partial charge in [0, 0.05) is 38.7 Å². The zero-order chi connectivity index (χ0) is 16.8. The van der Waals surface area contributed by atoms with Crippen molar-refractivity contribution in [3.8, 4) is 0 Å². The largest absolute Gasteiger partial charge is 0.381 e. The molecule has 3 rings (SSSR count). The summed E-state index contributed by atoms with van der Waals surface area (Å²) in [5.41, 5.74) is 7.65. The number of nitrogens with one attached hydrogen (secondary N) is 1. The second-order valence-electron chi connectivity index (χ2n) is 6.30. The van der Waals surface area contributed by atoms with E-state index >= 15 is 0 Å². The Morgan fingerprint density at radius 3 is 2.58 bits per heavy atom. The molecule has 0 aliphatic carbocycles. The minimum atomic E-state index is -0.474. The molecule has 6 nitrogen and oxygen atoms in total. The van der Waals surface area contributed by atoms with E-state index in [0.717, 1.165) is 12.1 Å². The summed E-state index contributed by atoms with van der Waals surface area (Å²) in [6.07, 6.45) is 5.10. The summed E-state index contributed by atoms with van der Waals surface area (Å²) in [4.78, 5) is 12.5. The Labute approximate surface area is 142 Å². The molecule has 128 valence electrons. The molecular formula is C18H24N4O2. The molecule has 24 heavy (non-hydrogen) atoms. The number of carbonyl (C=O) groups excluding carboxylic acids is 1. The summed E-state index contributed by atoms with van der Waals surface area (Å²) in [6.45, 7) is 2.84. The normalized spacial score (nSPS) is 16.7. The second-order valence-corrected chi connectivity index (χ2v) is 6.30. The summed E-state index contributed by atoms with van der Waals surface area (Å²) in [6, 6.07) is 10.1. The Morgan fingerprint density at radius 1 is 1.25 bits per heavy atom. The molecule has 2 aromatic rings. The highest BCUT2D eigenvalue weighted by Gasteiger charge is 2.38. The molecule has 0 saturated carbocycles. The van der Waals surface area contributed by atoms with Gasteiger partial charge in [0.15, 0.2) is 0 Å². The number of rotatable bonds is 6. The zero-order valence-electron chi connectivity index (χ0n) is 13.8. The minimum absolute atomic E-state index is 0.0360. The Balaban J connectivity index is 1.55. The molecule has 1 aliphatic heterocycles. The second kappa shape index (κ2) is 7.59. The van der Waals surface area contributed by atoms with Crippen molar-refractivity contribution in [1.82, 2.24) is 15.1 Å². The number of amides is 1. The van der Waals surface area contributed by atoms with Crippen molar-refractivity contribution < 1.29 is 9.53 Å². The van der Waals surface area contributed by atoms with E-state index in [-0.39, 0.29) is 5.91 Å². The van der Waals surface area contributed by atoms with E-state index < -0.39 is 5.41 Å².